The van der Waals surface area contributed by atoms with Gasteiger partial charge >= 0.3 is 22.4 Å². The van der Waals surface area contributed by atoms with E-state index in [2.05, 4.69) is 108 Å². The fraction of sp³-hybridized carbons (Fsp3) is 0.772. The first kappa shape index (κ1) is 81.9. The van der Waals surface area contributed by atoms with Crippen LogP contribution in [0.15, 0.2) is 59.7 Å². The zero-order valence-corrected chi connectivity index (χ0v) is 57.1. The standard InChI is InChI=1S/C33H46N2.2C23H47.Ni/c1-5-8-11-13-18-29-20-16-22-31(25-29)33(30-21-15-19-28(24-30)17-10-7-3)32(27(4)26-35-34)23-14-12-9-6-2;2*1-3-5-7-9-11-13-15-17-19-21-23-22-20-18-16-14-12-10-8-6-4-2;/h15-16,19-22,24-25H,5-14,17-18,23H2,1-4H3;2*1,3-23H2,2H3;/q;2*-1;+2. The first-order valence-electron chi connectivity index (χ1n) is 36.4. The number of rotatable bonds is 56. The number of unbranched alkanes of at least 4 members (excludes halogenated alkanes) is 47. The number of allylic oxidation sites excluding steroid dienone is 2. The van der Waals surface area contributed by atoms with Crippen LogP contribution in [0.5, 0.6) is 0 Å². The zero-order chi connectivity index (χ0) is 59.0. The Morgan fingerprint density at radius 2 is 0.610 bits per heavy atom. The van der Waals surface area contributed by atoms with Crippen LogP contribution in [0.1, 0.15) is 404 Å². The van der Waals surface area contributed by atoms with E-state index < -0.39 is 0 Å². The Balaban J connectivity index is 0. The topological polar surface area (TPSA) is 36.4 Å². The van der Waals surface area contributed by atoms with Crippen LogP contribution in [-0.2, 0) is 29.3 Å². The molecule has 0 saturated heterocycles. The molecule has 0 atom stereocenters. The van der Waals surface area contributed by atoms with Crippen molar-refractivity contribution < 1.29 is 21.3 Å². The molecule has 3 heteroatoms. The van der Waals surface area contributed by atoms with Gasteiger partial charge in [-0.05, 0) is 78.8 Å². The molecule has 0 fully saturated rings. The molecule has 2 aromatic carbocycles. The second-order valence-corrected chi connectivity index (χ2v) is 25.0. The van der Waals surface area contributed by atoms with Crippen LogP contribution in [-0.4, -0.2) is 10.7 Å². The number of aryl methyl sites for hydroxylation is 2. The molecular formula is C79H140N2Ni. The third-order valence-corrected chi connectivity index (χ3v) is 17.0. The molecule has 0 aromatic heterocycles. The third-order valence-electron chi connectivity index (χ3n) is 17.0. The number of hydrogen-bond acceptors (Lipinski definition) is 0. The summed E-state index contributed by atoms with van der Waals surface area (Å²) in [5.41, 5.74) is 18.1. The Bertz CT molecular complexity index is 1630. The fourth-order valence-corrected chi connectivity index (χ4v) is 11.7. The Morgan fingerprint density at radius 3 is 0.890 bits per heavy atom. The molecule has 82 heavy (non-hydrogen) atoms. The van der Waals surface area contributed by atoms with Gasteiger partial charge in [-0.2, -0.15) is 12.8 Å². The van der Waals surface area contributed by atoms with Gasteiger partial charge in [-0.15, -0.1) is 4.79 Å². The summed E-state index contributed by atoms with van der Waals surface area (Å²) in [6.07, 6.45) is 76.1. The van der Waals surface area contributed by atoms with E-state index in [1.165, 1.54) is 348 Å². The minimum absolute atomic E-state index is 0. The Morgan fingerprint density at radius 1 is 0.354 bits per heavy atom. The van der Waals surface area contributed by atoms with E-state index in [-0.39, 0.29) is 16.5 Å². The number of benzene rings is 2. The van der Waals surface area contributed by atoms with Crippen molar-refractivity contribution in [2.75, 3.05) is 0 Å². The summed E-state index contributed by atoms with van der Waals surface area (Å²) in [5.74, 6) is 2.86. The van der Waals surface area contributed by atoms with Crippen LogP contribution >= 0.6 is 0 Å². The summed E-state index contributed by atoms with van der Waals surface area (Å²) in [6.45, 7) is 21.2. The molecule has 0 unspecified atom stereocenters. The van der Waals surface area contributed by atoms with Crippen LogP contribution in [0, 0.1) is 13.8 Å². The second kappa shape index (κ2) is 68.0. The molecule has 0 aliphatic rings. The van der Waals surface area contributed by atoms with Crippen molar-refractivity contribution >= 4 is 11.4 Å². The summed E-state index contributed by atoms with van der Waals surface area (Å²) in [7, 11) is 0. The molecular weight excluding hydrogens is 1040 g/mol. The van der Waals surface area contributed by atoms with Gasteiger partial charge in [0.25, 0.3) is 0 Å². The Hall–Kier alpha value is -2.17. The van der Waals surface area contributed by atoms with Gasteiger partial charge in [0.05, 0.1) is 5.57 Å². The fourth-order valence-electron chi connectivity index (χ4n) is 11.7. The molecule has 0 aliphatic heterocycles. The van der Waals surface area contributed by atoms with Gasteiger partial charge in [0.1, 0.15) is 0 Å². The molecule has 0 bridgehead atoms. The molecule has 0 saturated carbocycles. The molecule has 0 spiro atoms. The van der Waals surface area contributed by atoms with Crippen molar-refractivity contribution in [2.24, 2.45) is 0 Å². The van der Waals surface area contributed by atoms with Crippen LogP contribution in [0.4, 0.5) is 0 Å². The molecule has 0 heterocycles. The third kappa shape index (κ3) is 53.3. The van der Waals surface area contributed by atoms with Gasteiger partial charge in [-0.1, -0.05) is 385 Å². The average Bonchev–Trinajstić information content (AvgIpc) is 3.48. The van der Waals surface area contributed by atoms with Crippen molar-refractivity contribution in [3.63, 3.8) is 0 Å². The summed E-state index contributed by atoms with van der Waals surface area (Å²) in [5, 5.41) is 0. The maximum Gasteiger partial charge on any atom is 2.00 e. The quantitative estimate of drug-likeness (QED) is 0.0120. The molecule has 0 amide bonds. The summed E-state index contributed by atoms with van der Waals surface area (Å²) in [6, 6.07) is 18.2. The van der Waals surface area contributed by atoms with Crippen LogP contribution in [0.25, 0.3) is 11.1 Å². The number of hydrogen-bond donors (Lipinski definition) is 0. The SMILES string of the molecule is CCCCCCC(C(C)=C=[N+]=[N-])=C(c1cccc(CCCC)c1)c1cccc(CCCCCC)c1.[CH2-]CCCCCCCCCCCCCCCCCCCCCC.[CH2-]CCCCCCCCCCCCCCCCCCCCCC.[Ni+2]. The van der Waals surface area contributed by atoms with Gasteiger partial charge in [0, 0.05) is 0 Å². The molecule has 2 aromatic rings. The first-order chi connectivity index (χ1) is 40.0. The maximum atomic E-state index is 9.31. The van der Waals surface area contributed by atoms with E-state index in [1.54, 1.807) is 0 Å². The van der Waals surface area contributed by atoms with E-state index in [9.17, 15) is 5.53 Å². The van der Waals surface area contributed by atoms with Gasteiger partial charge in [-0.25, -0.2) is 0 Å². The van der Waals surface area contributed by atoms with Crippen molar-refractivity contribution in [2.45, 2.75) is 395 Å². The van der Waals surface area contributed by atoms with Crippen molar-refractivity contribution in [1.82, 2.24) is 0 Å². The van der Waals surface area contributed by atoms with Gasteiger partial charge in [0.15, 0.2) is 0 Å². The van der Waals surface area contributed by atoms with Crippen LogP contribution < -0.4 is 0 Å². The summed E-state index contributed by atoms with van der Waals surface area (Å²) < 4.78 is 0. The van der Waals surface area contributed by atoms with Crippen LogP contribution in [0.3, 0.4) is 0 Å². The average molecular weight is 1180 g/mol. The van der Waals surface area contributed by atoms with Gasteiger partial charge in [0.2, 0.25) is 0 Å². The van der Waals surface area contributed by atoms with Crippen molar-refractivity contribution in [3.8, 4) is 0 Å². The molecule has 2 nitrogen and oxygen atoms in total. The van der Waals surface area contributed by atoms with E-state index in [4.69, 9.17) is 0 Å². The predicted octanol–water partition coefficient (Wildman–Crippen LogP) is 27.8. The molecule has 2 rings (SSSR count). The van der Waals surface area contributed by atoms with Gasteiger partial charge < -0.3 is 19.4 Å². The summed E-state index contributed by atoms with van der Waals surface area (Å²) in [4.78, 5) is 3.28. The van der Waals surface area contributed by atoms with E-state index in [0.29, 0.717) is 0 Å². The Kier molecular flexibility index (Phi) is 67.9. The minimum atomic E-state index is 0. The molecule has 0 aliphatic carbocycles. The van der Waals surface area contributed by atoms with Crippen molar-refractivity contribution in [3.05, 3.63) is 101 Å². The normalized spacial score (nSPS) is 11.2. The monoisotopic (exact) mass is 1180 g/mol. The van der Waals surface area contributed by atoms with Gasteiger partial charge in [-0.3, -0.25) is 0 Å². The first-order valence-corrected chi connectivity index (χ1v) is 36.4. The van der Waals surface area contributed by atoms with Crippen molar-refractivity contribution in [1.29, 1.82) is 0 Å². The second-order valence-electron chi connectivity index (χ2n) is 25.0. The predicted molar refractivity (Wildman–Crippen MR) is 368 cm³/mol. The molecule has 0 radical (unpaired) electrons. The van der Waals surface area contributed by atoms with E-state index in [1.807, 2.05) is 6.92 Å². The van der Waals surface area contributed by atoms with E-state index >= 15 is 0 Å². The molecule has 0 N–H and O–H groups in total. The molecule has 476 valence electrons. The zero-order valence-electron chi connectivity index (χ0n) is 56.1. The van der Waals surface area contributed by atoms with E-state index in [0.717, 1.165) is 44.1 Å². The smallest absolute Gasteiger partial charge is 0.348 e. The minimum Gasteiger partial charge on any atom is -0.348 e. The Labute approximate surface area is 525 Å². The van der Waals surface area contributed by atoms with Crippen LogP contribution in [0.2, 0.25) is 0 Å². The largest absolute Gasteiger partial charge is 2.00 e. The summed E-state index contributed by atoms with van der Waals surface area (Å²) >= 11 is 0. The maximum absolute atomic E-state index is 9.31. The number of nitrogens with zero attached hydrogens (tertiary/aromatic N) is 2.